The molecule has 0 saturated heterocycles. The van der Waals surface area contributed by atoms with Crippen LogP contribution in [-0.2, 0) is 13.2 Å². The molecule has 4 aliphatic carbocycles. The predicted octanol–water partition coefficient (Wildman–Crippen LogP) is 6.25. The Kier molecular flexibility index (Phi) is 5.04. The summed E-state index contributed by atoms with van der Waals surface area (Å²) in [7, 11) is 1.66. The van der Waals surface area contributed by atoms with E-state index in [1.165, 1.54) is 50.2 Å². The van der Waals surface area contributed by atoms with E-state index in [4.69, 9.17) is 9.47 Å². The van der Waals surface area contributed by atoms with Gasteiger partial charge < -0.3 is 14.8 Å². The summed E-state index contributed by atoms with van der Waals surface area (Å²) >= 11 is 0. The van der Waals surface area contributed by atoms with Gasteiger partial charge in [-0.2, -0.15) is 0 Å². The third kappa shape index (κ3) is 4.07. The van der Waals surface area contributed by atoms with Crippen LogP contribution in [0.1, 0.15) is 63.5 Å². The van der Waals surface area contributed by atoms with Gasteiger partial charge in [-0.15, -0.1) is 0 Å². The van der Waals surface area contributed by atoms with E-state index >= 15 is 0 Å². The molecular formula is C27H34FNO2. The van der Waals surface area contributed by atoms with Crippen LogP contribution >= 0.6 is 0 Å². The van der Waals surface area contributed by atoms with Crippen molar-refractivity contribution in [3.8, 4) is 11.5 Å². The van der Waals surface area contributed by atoms with Crippen molar-refractivity contribution in [2.24, 2.45) is 16.7 Å². The van der Waals surface area contributed by atoms with Crippen LogP contribution in [0.15, 0.2) is 42.5 Å². The second-order valence-corrected chi connectivity index (χ2v) is 11.1. The predicted molar refractivity (Wildman–Crippen MR) is 121 cm³/mol. The van der Waals surface area contributed by atoms with Crippen LogP contribution in [0.2, 0.25) is 0 Å². The zero-order chi connectivity index (χ0) is 21.7. The molecule has 0 aliphatic heterocycles. The van der Waals surface area contributed by atoms with E-state index in [2.05, 4.69) is 25.2 Å². The van der Waals surface area contributed by atoms with Crippen LogP contribution in [0.4, 0.5) is 4.39 Å². The maximum Gasteiger partial charge on any atom is 0.161 e. The molecule has 4 saturated carbocycles. The zero-order valence-electron chi connectivity index (χ0n) is 19.0. The van der Waals surface area contributed by atoms with Gasteiger partial charge in [-0.25, -0.2) is 4.39 Å². The maximum absolute atomic E-state index is 13.9. The maximum atomic E-state index is 13.9. The third-order valence-electron chi connectivity index (χ3n) is 7.86. The number of hydrogen-bond donors (Lipinski definition) is 1. The van der Waals surface area contributed by atoms with E-state index < -0.39 is 0 Å². The molecular weight excluding hydrogens is 389 g/mol. The number of hydrogen-bond acceptors (Lipinski definition) is 3. The molecule has 4 heteroatoms. The second-order valence-electron chi connectivity index (χ2n) is 11.1. The van der Waals surface area contributed by atoms with Gasteiger partial charge in [0.2, 0.25) is 0 Å². The molecule has 4 fully saturated rings. The molecule has 2 aromatic rings. The first-order chi connectivity index (χ1) is 14.8. The molecule has 6 rings (SSSR count). The Balaban J connectivity index is 1.27. The molecule has 1 N–H and O–H groups in total. The van der Waals surface area contributed by atoms with Gasteiger partial charge in [-0.3, -0.25) is 0 Å². The summed E-state index contributed by atoms with van der Waals surface area (Å²) in [6.07, 6.45) is 8.13. The van der Waals surface area contributed by atoms with Gasteiger partial charge in [0.05, 0.1) is 7.11 Å². The topological polar surface area (TPSA) is 30.5 Å². The van der Waals surface area contributed by atoms with Gasteiger partial charge in [-0.1, -0.05) is 38.1 Å². The normalized spacial score (nSPS) is 33.5. The van der Waals surface area contributed by atoms with E-state index in [0.717, 1.165) is 12.5 Å². The van der Waals surface area contributed by atoms with Crippen molar-refractivity contribution < 1.29 is 13.9 Å². The van der Waals surface area contributed by atoms with Crippen LogP contribution in [0, 0.1) is 22.6 Å². The minimum absolute atomic E-state index is 0.183. The lowest BCUT2D eigenvalue weighted by atomic mass is 9.43. The summed E-state index contributed by atoms with van der Waals surface area (Å²) in [6.45, 7) is 6.04. The lowest BCUT2D eigenvalue weighted by Gasteiger charge is -2.65. The molecule has 4 aliphatic rings. The van der Waals surface area contributed by atoms with Gasteiger partial charge in [0.25, 0.3) is 0 Å². The van der Waals surface area contributed by atoms with Gasteiger partial charge in [0.1, 0.15) is 12.4 Å². The van der Waals surface area contributed by atoms with Crippen LogP contribution in [-0.4, -0.2) is 12.6 Å². The smallest absolute Gasteiger partial charge is 0.161 e. The van der Waals surface area contributed by atoms with Crippen LogP contribution in [0.25, 0.3) is 0 Å². The summed E-state index contributed by atoms with van der Waals surface area (Å²) in [5.74, 6) is 1.96. The molecule has 2 aromatic carbocycles. The van der Waals surface area contributed by atoms with E-state index in [-0.39, 0.29) is 18.0 Å². The van der Waals surface area contributed by atoms with E-state index in [9.17, 15) is 4.39 Å². The summed E-state index contributed by atoms with van der Waals surface area (Å²) in [5, 5.41) is 3.98. The minimum atomic E-state index is -0.250. The second kappa shape index (κ2) is 7.51. The van der Waals surface area contributed by atoms with E-state index in [1.807, 2.05) is 18.2 Å². The van der Waals surface area contributed by atoms with Crippen LogP contribution in [0.3, 0.4) is 0 Å². The summed E-state index contributed by atoms with van der Waals surface area (Å²) in [6, 6.07) is 12.8. The van der Waals surface area contributed by atoms with Gasteiger partial charge in [0.15, 0.2) is 11.5 Å². The number of ether oxygens (including phenoxy) is 2. The van der Waals surface area contributed by atoms with Gasteiger partial charge in [-0.05, 0) is 79.0 Å². The van der Waals surface area contributed by atoms with E-state index in [0.29, 0.717) is 27.9 Å². The van der Waals surface area contributed by atoms with Crippen molar-refractivity contribution in [1.29, 1.82) is 0 Å². The quantitative estimate of drug-likeness (QED) is 0.571. The molecule has 0 heterocycles. The fourth-order valence-electron chi connectivity index (χ4n) is 7.65. The lowest BCUT2D eigenvalue weighted by molar-refractivity contribution is -0.118. The molecule has 2 unspecified atom stereocenters. The average Bonchev–Trinajstić information content (AvgIpc) is 2.69. The largest absolute Gasteiger partial charge is 0.493 e. The van der Waals surface area contributed by atoms with Crippen molar-refractivity contribution in [1.82, 2.24) is 5.32 Å². The molecule has 166 valence electrons. The first kappa shape index (κ1) is 20.8. The number of benzene rings is 2. The summed E-state index contributed by atoms with van der Waals surface area (Å²) in [4.78, 5) is 0. The van der Waals surface area contributed by atoms with Crippen molar-refractivity contribution in [2.45, 2.75) is 71.1 Å². The first-order valence-corrected chi connectivity index (χ1v) is 11.6. The van der Waals surface area contributed by atoms with Gasteiger partial charge in [0, 0.05) is 17.6 Å². The fourth-order valence-corrected chi connectivity index (χ4v) is 7.65. The Morgan fingerprint density at radius 3 is 2.39 bits per heavy atom. The summed E-state index contributed by atoms with van der Waals surface area (Å²) < 4.78 is 25.3. The minimum Gasteiger partial charge on any atom is -0.493 e. The van der Waals surface area contributed by atoms with Gasteiger partial charge >= 0.3 is 0 Å². The Morgan fingerprint density at radius 2 is 1.71 bits per heavy atom. The highest BCUT2D eigenvalue weighted by molar-refractivity contribution is 5.43. The zero-order valence-corrected chi connectivity index (χ0v) is 19.0. The monoisotopic (exact) mass is 423 g/mol. The third-order valence-corrected chi connectivity index (χ3v) is 7.86. The molecule has 0 spiro atoms. The van der Waals surface area contributed by atoms with Crippen molar-refractivity contribution in [3.05, 3.63) is 59.4 Å². The average molecular weight is 424 g/mol. The first-order valence-electron chi connectivity index (χ1n) is 11.6. The van der Waals surface area contributed by atoms with Crippen molar-refractivity contribution >= 4 is 0 Å². The number of halogens is 1. The Hall–Kier alpha value is -2.07. The molecule has 0 radical (unpaired) electrons. The molecule has 2 atom stereocenters. The fraction of sp³-hybridized carbons (Fsp3) is 0.556. The molecule has 0 amide bonds. The molecule has 31 heavy (non-hydrogen) atoms. The summed E-state index contributed by atoms with van der Waals surface area (Å²) in [5.41, 5.74) is 3.02. The highest BCUT2D eigenvalue weighted by Gasteiger charge is 2.59. The van der Waals surface area contributed by atoms with Crippen molar-refractivity contribution in [3.63, 3.8) is 0 Å². The number of methoxy groups -OCH3 is 1. The standard InChI is InChI=1S/C27H34FNO2/c1-25-11-20-12-26(2,16-25)18-27(13-20,17-25)29-14-19-8-9-23(24(10-19)30-3)31-15-21-6-4-5-7-22(21)28/h4-10,20,29H,11-18H2,1-3H3. The Bertz CT molecular complexity index is 955. The number of nitrogens with one attached hydrogen (secondary N) is 1. The highest BCUT2D eigenvalue weighted by Crippen LogP contribution is 2.66. The molecule has 3 nitrogen and oxygen atoms in total. The lowest BCUT2D eigenvalue weighted by Crippen LogP contribution is -2.63. The molecule has 0 aromatic heterocycles. The van der Waals surface area contributed by atoms with E-state index in [1.54, 1.807) is 19.2 Å². The van der Waals surface area contributed by atoms with Crippen LogP contribution < -0.4 is 14.8 Å². The Morgan fingerprint density at radius 1 is 0.968 bits per heavy atom. The van der Waals surface area contributed by atoms with Crippen molar-refractivity contribution in [2.75, 3.05) is 7.11 Å². The number of rotatable bonds is 7. The Labute approximate surface area is 185 Å². The molecule has 4 bridgehead atoms. The van der Waals surface area contributed by atoms with Crippen LogP contribution in [0.5, 0.6) is 11.5 Å². The highest BCUT2D eigenvalue weighted by atomic mass is 19.1. The SMILES string of the molecule is COc1cc(CNC23CC4CC(C)(CC(C)(C4)C2)C3)ccc1OCc1ccccc1F.